The van der Waals surface area contributed by atoms with Crippen molar-refractivity contribution in [3.05, 3.63) is 59.7 Å². The first-order valence-corrected chi connectivity index (χ1v) is 7.42. The monoisotopic (exact) mass is 289 g/mol. The Hall–Kier alpha value is -2.34. The van der Waals surface area contributed by atoms with Crippen LogP contribution < -0.4 is 10.5 Å². The van der Waals surface area contributed by atoms with Gasteiger partial charge in [-0.3, -0.25) is 10.1 Å². The molecule has 0 aromatic heterocycles. The van der Waals surface area contributed by atoms with Gasteiger partial charge in [0.05, 0.1) is 10.6 Å². The number of sulfonamides is 1. The summed E-state index contributed by atoms with van der Waals surface area (Å²) >= 11 is 0. The van der Waals surface area contributed by atoms with Crippen molar-refractivity contribution < 1.29 is 8.42 Å². The van der Waals surface area contributed by atoms with E-state index in [0.29, 0.717) is 16.8 Å². The van der Waals surface area contributed by atoms with E-state index in [1.54, 1.807) is 49.4 Å². The van der Waals surface area contributed by atoms with Gasteiger partial charge in [0.1, 0.15) is 5.84 Å². The number of nitrogen functional groups attached to an aromatic ring is 1. The second kappa shape index (κ2) is 5.34. The molecule has 2 aromatic carbocycles. The molecule has 0 radical (unpaired) electrons. The van der Waals surface area contributed by atoms with Crippen molar-refractivity contribution in [2.75, 3.05) is 4.72 Å². The van der Waals surface area contributed by atoms with E-state index in [1.165, 1.54) is 6.07 Å². The Morgan fingerprint density at radius 2 is 1.70 bits per heavy atom. The zero-order valence-corrected chi connectivity index (χ0v) is 11.7. The summed E-state index contributed by atoms with van der Waals surface area (Å²) < 4.78 is 27.2. The molecule has 0 spiro atoms. The maximum Gasteiger partial charge on any atom is 0.262 e. The molecule has 0 unspecified atom stereocenters. The van der Waals surface area contributed by atoms with Crippen LogP contribution in [0.4, 0.5) is 5.69 Å². The summed E-state index contributed by atoms with van der Waals surface area (Å²) in [6.45, 7) is 1.73. The number of hydrogen-bond acceptors (Lipinski definition) is 3. The average Bonchev–Trinajstić information content (AvgIpc) is 2.39. The van der Waals surface area contributed by atoms with Gasteiger partial charge in [-0.1, -0.05) is 30.3 Å². The largest absolute Gasteiger partial charge is 0.384 e. The zero-order valence-electron chi connectivity index (χ0n) is 10.9. The van der Waals surface area contributed by atoms with Gasteiger partial charge < -0.3 is 5.73 Å². The van der Waals surface area contributed by atoms with Crippen LogP contribution in [0.1, 0.15) is 11.1 Å². The van der Waals surface area contributed by atoms with Gasteiger partial charge in [-0.05, 0) is 30.7 Å². The lowest BCUT2D eigenvalue weighted by Gasteiger charge is -2.13. The number of nitrogens with two attached hydrogens (primary N) is 1. The maximum atomic E-state index is 12.4. The van der Waals surface area contributed by atoms with E-state index in [0.717, 1.165) is 0 Å². The van der Waals surface area contributed by atoms with Gasteiger partial charge in [0.2, 0.25) is 0 Å². The van der Waals surface area contributed by atoms with E-state index < -0.39 is 10.0 Å². The van der Waals surface area contributed by atoms with Crippen LogP contribution in [0.15, 0.2) is 53.4 Å². The summed E-state index contributed by atoms with van der Waals surface area (Å²) in [5.41, 5.74) is 6.75. The molecule has 2 aromatic rings. The average molecular weight is 289 g/mol. The van der Waals surface area contributed by atoms with Gasteiger partial charge in [-0.2, -0.15) is 0 Å². The minimum atomic E-state index is -3.70. The van der Waals surface area contributed by atoms with Gasteiger partial charge in [0.15, 0.2) is 0 Å². The Bertz CT molecular complexity index is 755. The fourth-order valence-electron chi connectivity index (χ4n) is 1.86. The Kier molecular flexibility index (Phi) is 3.76. The maximum absolute atomic E-state index is 12.4. The lowest BCUT2D eigenvalue weighted by Crippen LogP contribution is -2.19. The van der Waals surface area contributed by atoms with E-state index in [9.17, 15) is 8.42 Å². The molecule has 0 atom stereocenters. The zero-order chi connectivity index (χ0) is 14.8. The van der Waals surface area contributed by atoms with E-state index in [1.807, 2.05) is 0 Å². The molecule has 104 valence electrons. The van der Waals surface area contributed by atoms with Gasteiger partial charge in [-0.15, -0.1) is 0 Å². The fourth-order valence-corrected chi connectivity index (χ4v) is 3.19. The standard InChI is InChI=1S/C14H15N3O2S/c1-10-6-2-5-9-13(10)20(18,19)17-12-8-4-3-7-11(12)14(15)16/h2-9,17H,1H3,(H3,15,16). The number of nitrogens with one attached hydrogen (secondary N) is 2. The SMILES string of the molecule is Cc1ccccc1S(=O)(=O)Nc1ccccc1C(=N)N. The van der Waals surface area contributed by atoms with Crippen LogP contribution in [0.5, 0.6) is 0 Å². The third-order valence-corrected chi connectivity index (χ3v) is 4.37. The van der Waals surface area contributed by atoms with Gasteiger partial charge >= 0.3 is 0 Å². The summed E-state index contributed by atoms with van der Waals surface area (Å²) in [4.78, 5) is 0.207. The van der Waals surface area contributed by atoms with Crippen molar-refractivity contribution in [3.8, 4) is 0 Å². The summed E-state index contributed by atoms with van der Waals surface area (Å²) in [6, 6.07) is 13.3. The quantitative estimate of drug-likeness (QED) is 0.594. The van der Waals surface area contributed by atoms with Gasteiger partial charge in [-0.25, -0.2) is 8.42 Å². The minimum absolute atomic E-state index is 0.187. The van der Waals surface area contributed by atoms with Crippen LogP contribution in [-0.2, 0) is 10.0 Å². The predicted octanol–water partition coefficient (Wildman–Crippen LogP) is 2.08. The number of para-hydroxylation sites is 1. The molecular formula is C14H15N3O2S. The van der Waals surface area contributed by atoms with Crippen LogP contribution in [0.2, 0.25) is 0 Å². The fraction of sp³-hybridized carbons (Fsp3) is 0.0714. The Morgan fingerprint density at radius 3 is 2.35 bits per heavy atom. The summed E-state index contributed by atoms with van der Waals surface area (Å²) in [6.07, 6.45) is 0. The molecule has 0 heterocycles. The van der Waals surface area contributed by atoms with Crippen molar-refractivity contribution in [3.63, 3.8) is 0 Å². The first-order chi connectivity index (χ1) is 9.42. The van der Waals surface area contributed by atoms with Crippen LogP contribution in [0.25, 0.3) is 0 Å². The molecule has 0 fully saturated rings. The highest BCUT2D eigenvalue weighted by Gasteiger charge is 2.18. The van der Waals surface area contributed by atoms with Crippen molar-refractivity contribution in [1.82, 2.24) is 0 Å². The second-order valence-electron chi connectivity index (χ2n) is 4.33. The molecule has 0 aliphatic carbocycles. The van der Waals surface area contributed by atoms with Crippen LogP contribution >= 0.6 is 0 Å². The molecule has 6 heteroatoms. The molecule has 5 nitrogen and oxygen atoms in total. The lowest BCUT2D eigenvalue weighted by atomic mass is 10.2. The van der Waals surface area contributed by atoms with Crippen LogP contribution in [0.3, 0.4) is 0 Å². The van der Waals surface area contributed by atoms with E-state index in [-0.39, 0.29) is 10.7 Å². The Balaban J connectivity index is 2.45. The molecule has 0 aliphatic heterocycles. The number of benzene rings is 2. The predicted molar refractivity (Wildman–Crippen MR) is 79.4 cm³/mol. The van der Waals surface area contributed by atoms with Crippen molar-refractivity contribution in [2.24, 2.45) is 5.73 Å². The minimum Gasteiger partial charge on any atom is -0.384 e. The van der Waals surface area contributed by atoms with Crippen molar-refractivity contribution >= 4 is 21.5 Å². The first-order valence-electron chi connectivity index (χ1n) is 5.93. The Labute approximate surface area is 118 Å². The number of amidine groups is 1. The topological polar surface area (TPSA) is 96.0 Å². The highest BCUT2D eigenvalue weighted by Crippen LogP contribution is 2.21. The third kappa shape index (κ3) is 2.80. The number of rotatable bonds is 4. The van der Waals surface area contributed by atoms with Gasteiger partial charge in [0, 0.05) is 5.56 Å². The highest BCUT2D eigenvalue weighted by molar-refractivity contribution is 7.92. The number of aryl methyl sites for hydroxylation is 1. The number of anilines is 1. The van der Waals surface area contributed by atoms with Crippen LogP contribution in [0, 0.1) is 12.3 Å². The van der Waals surface area contributed by atoms with Gasteiger partial charge in [0.25, 0.3) is 10.0 Å². The molecule has 2 rings (SSSR count). The molecule has 0 aliphatic rings. The molecular weight excluding hydrogens is 274 g/mol. The first kappa shape index (κ1) is 14.1. The smallest absolute Gasteiger partial charge is 0.262 e. The second-order valence-corrected chi connectivity index (χ2v) is 5.98. The van der Waals surface area contributed by atoms with E-state index in [2.05, 4.69) is 4.72 Å². The van der Waals surface area contributed by atoms with Crippen molar-refractivity contribution in [1.29, 1.82) is 5.41 Å². The third-order valence-electron chi connectivity index (χ3n) is 2.84. The Morgan fingerprint density at radius 1 is 1.10 bits per heavy atom. The van der Waals surface area contributed by atoms with E-state index >= 15 is 0 Å². The number of hydrogen-bond donors (Lipinski definition) is 3. The van der Waals surface area contributed by atoms with Crippen LogP contribution in [-0.4, -0.2) is 14.3 Å². The molecule has 0 bridgehead atoms. The molecule has 0 amide bonds. The van der Waals surface area contributed by atoms with Crippen molar-refractivity contribution in [2.45, 2.75) is 11.8 Å². The molecule has 0 saturated carbocycles. The molecule has 20 heavy (non-hydrogen) atoms. The summed E-state index contributed by atoms with van der Waals surface area (Å²) in [5.74, 6) is -0.187. The summed E-state index contributed by atoms with van der Waals surface area (Å²) in [7, 11) is -3.70. The lowest BCUT2D eigenvalue weighted by molar-refractivity contribution is 0.600. The molecule has 0 saturated heterocycles. The molecule has 4 N–H and O–H groups in total. The normalized spacial score (nSPS) is 11.1. The van der Waals surface area contributed by atoms with E-state index in [4.69, 9.17) is 11.1 Å². The summed E-state index contributed by atoms with van der Waals surface area (Å²) in [5, 5.41) is 7.47. The highest BCUT2D eigenvalue weighted by atomic mass is 32.2.